The molecule has 130 valence electrons. The van der Waals surface area contributed by atoms with E-state index < -0.39 is 0 Å². The molecule has 1 unspecified atom stereocenters. The Kier molecular flexibility index (Phi) is 10.7. The van der Waals surface area contributed by atoms with Crippen LogP contribution < -0.4 is 5.32 Å². The molecule has 1 N–H and O–H groups in total. The standard InChI is InChI=1S/C17H27N3OS.HI/c1-3-18-17(20(2)13-15-9-11-21-14-15)19-10-12-22-16-7-5-4-6-8-16;/h4-8,15H,3,9-14H2,1-2H3,(H,18,19);1H. The van der Waals surface area contributed by atoms with Gasteiger partial charge in [0.15, 0.2) is 5.96 Å². The summed E-state index contributed by atoms with van der Waals surface area (Å²) in [5.41, 5.74) is 0. The number of benzene rings is 1. The molecule has 0 radical (unpaired) electrons. The van der Waals surface area contributed by atoms with Crippen molar-refractivity contribution in [1.82, 2.24) is 10.2 Å². The van der Waals surface area contributed by atoms with E-state index in [9.17, 15) is 0 Å². The van der Waals surface area contributed by atoms with Crippen molar-refractivity contribution in [2.24, 2.45) is 10.9 Å². The fourth-order valence-corrected chi connectivity index (χ4v) is 3.27. The smallest absolute Gasteiger partial charge is 0.193 e. The van der Waals surface area contributed by atoms with Gasteiger partial charge in [-0.05, 0) is 25.5 Å². The number of ether oxygens (including phenoxy) is 1. The summed E-state index contributed by atoms with van der Waals surface area (Å²) < 4.78 is 5.45. The highest BCUT2D eigenvalue weighted by molar-refractivity contribution is 14.0. The van der Waals surface area contributed by atoms with Crippen LogP contribution in [0.25, 0.3) is 0 Å². The van der Waals surface area contributed by atoms with Crippen molar-refractivity contribution in [3.05, 3.63) is 30.3 Å². The van der Waals surface area contributed by atoms with Crippen molar-refractivity contribution >= 4 is 41.7 Å². The summed E-state index contributed by atoms with van der Waals surface area (Å²) in [6.07, 6.45) is 1.16. The summed E-state index contributed by atoms with van der Waals surface area (Å²) in [6.45, 7) is 6.63. The summed E-state index contributed by atoms with van der Waals surface area (Å²) in [4.78, 5) is 8.28. The Labute approximate surface area is 161 Å². The van der Waals surface area contributed by atoms with Crippen LogP contribution in [0.4, 0.5) is 0 Å². The lowest BCUT2D eigenvalue weighted by Crippen LogP contribution is -2.41. The average Bonchev–Trinajstić information content (AvgIpc) is 3.04. The highest BCUT2D eigenvalue weighted by Crippen LogP contribution is 2.16. The van der Waals surface area contributed by atoms with Crippen molar-refractivity contribution < 1.29 is 4.74 Å². The Hall–Kier alpha value is -0.470. The molecular formula is C17H28IN3OS. The number of halogens is 1. The summed E-state index contributed by atoms with van der Waals surface area (Å²) in [7, 11) is 2.12. The van der Waals surface area contributed by atoms with Gasteiger partial charge in [0, 0.05) is 43.3 Å². The largest absolute Gasteiger partial charge is 0.381 e. The molecule has 0 aromatic heterocycles. The van der Waals surface area contributed by atoms with E-state index in [1.54, 1.807) is 0 Å². The maximum absolute atomic E-state index is 5.45. The fraction of sp³-hybridized carbons (Fsp3) is 0.588. The van der Waals surface area contributed by atoms with Gasteiger partial charge in [0.1, 0.15) is 0 Å². The van der Waals surface area contributed by atoms with Gasteiger partial charge in [-0.25, -0.2) is 0 Å². The van der Waals surface area contributed by atoms with Gasteiger partial charge in [-0.2, -0.15) is 0 Å². The molecule has 2 rings (SSSR count). The van der Waals surface area contributed by atoms with Gasteiger partial charge >= 0.3 is 0 Å². The van der Waals surface area contributed by atoms with Gasteiger partial charge in [0.25, 0.3) is 0 Å². The predicted molar refractivity (Wildman–Crippen MR) is 110 cm³/mol. The third-order valence-electron chi connectivity index (χ3n) is 3.62. The molecule has 0 bridgehead atoms. The Balaban J connectivity index is 0.00000264. The van der Waals surface area contributed by atoms with Gasteiger partial charge < -0.3 is 15.0 Å². The van der Waals surface area contributed by atoms with Crippen LogP contribution in [0.1, 0.15) is 13.3 Å². The molecule has 0 amide bonds. The number of guanidine groups is 1. The van der Waals surface area contributed by atoms with Crippen LogP contribution in [0.3, 0.4) is 0 Å². The van der Waals surface area contributed by atoms with Gasteiger partial charge in [-0.3, -0.25) is 4.99 Å². The number of thioether (sulfide) groups is 1. The second-order valence-electron chi connectivity index (χ2n) is 5.51. The Morgan fingerprint density at radius 1 is 1.39 bits per heavy atom. The third kappa shape index (κ3) is 7.76. The number of aliphatic imine (C=N–C) groups is 1. The molecule has 1 aliphatic rings. The molecule has 1 fully saturated rings. The zero-order valence-corrected chi connectivity index (χ0v) is 17.2. The summed E-state index contributed by atoms with van der Waals surface area (Å²) in [5.74, 6) is 2.63. The van der Waals surface area contributed by atoms with Crippen LogP contribution in [0.15, 0.2) is 40.2 Å². The second-order valence-corrected chi connectivity index (χ2v) is 6.68. The van der Waals surface area contributed by atoms with Crippen molar-refractivity contribution in [1.29, 1.82) is 0 Å². The number of hydrogen-bond acceptors (Lipinski definition) is 3. The zero-order chi connectivity index (χ0) is 15.6. The monoisotopic (exact) mass is 449 g/mol. The first-order valence-electron chi connectivity index (χ1n) is 8.04. The summed E-state index contributed by atoms with van der Waals surface area (Å²) in [5, 5.41) is 3.38. The normalized spacial score (nSPS) is 17.7. The summed E-state index contributed by atoms with van der Waals surface area (Å²) >= 11 is 1.85. The van der Waals surface area contributed by atoms with Crippen LogP contribution in [-0.2, 0) is 4.74 Å². The van der Waals surface area contributed by atoms with E-state index in [-0.39, 0.29) is 24.0 Å². The van der Waals surface area contributed by atoms with E-state index in [0.29, 0.717) is 5.92 Å². The van der Waals surface area contributed by atoms with Crippen molar-refractivity contribution in [3.8, 4) is 0 Å². The highest BCUT2D eigenvalue weighted by Gasteiger charge is 2.18. The Morgan fingerprint density at radius 2 is 2.17 bits per heavy atom. The third-order valence-corrected chi connectivity index (χ3v) is 4.61. The minimum absolute atomic E-state index is 0. The number of nitrogens with zero attached hydrogens (tertiary/aromatic N) is 2. The molecule has 4 nitrogen and oxygen atoms in total. The molecule has 1 aromatic carbocycles. The molecule has 0 aliphatic carbocycles. The van der Waals surface area contributed by atoms with Gasteiger partial charge in [0.05, 0.1) is 13.2 Å². The first-order chi connectivity index (χ1) is 10.8. The van der Waals surface area contributed by atoms with Crippen LogP contribution in [0.5, 0.6) is 0 Å². The molecule has 0 spiro atoms. The maximum atomic E-state index is 5.45. The van der Waals surface area contributed by atoms with Crippen LogP contribution >= 0.6 is 35.7 Å². The molecule has 1 atom stereocenters. The first kappa shape index (κ1) is 20.6. The van der Waals surface area contributed by atoms with E-state index >= 15 is 0 Å². The molecule has 0 saturated carbocycles. The maximum Gasteiger partial charge on any atom is 0.193 e. The highest BCUT2D eigenvalue weighted by atomic mass is 127. The summed E-state index contributed by atoms with van der Waals surface area (Å²) in [6, 6.07) is 10.5. The first-order valence-corrected chi connectivity index (χ1v) is 9.03. The molecular weight excluding hydrogens is 421 g/mol. The van der Waals surface area contributed by atoms with Gasteiger partial charge in [-0.15, -0.1) is 35.7 Å². The van der Waals surface area contributed by atoms with E-state index in [4.69, 9.17) is 9.73 Å². The minimum atomic E-state index is 0. The molecule has 1 aromatic rings. The number of nitrogens with one attached hydrogen (secondary N) is 1. The van der Waals surface area contributed by atoms with E-state index in [0.717, 1.165) is 51.0 Å². The van der Waals surface area contributed by atoms with E-state index in [1.807, 2.05) is 17.8 Å². The molecule has 6 heteroatoms. The predicted octanol–water partition coefficient (Wildman–Crippen LogP) is 3.33. The minimum Gasteiger partial charge on any atom is -0.381 e. The number of hydrogen-bond donors (Lipinski definition) is 1. The number of rotatable bonds is 7. The lowest BCUT2D eigenvalue weighted by Gasteiger charge is -2.24. The van der Waals surface area contributed by atoms with Crippen molar-refractivity contribution in [2.45, 2.75) is 18.2 Å². The molecule has 1 heterocycles. The van der Waals surface area contributed by atoms with E-state index in [1.165, 1.54) is 4.90 Å². The Morgan fingerprint density at radius 3 is 2.83 bits per heavy atom. The second kappa shape index (κ2) is 12.0. The lowest BCUT2D eigenvalue weighted by atomic mass is 10.1. The van der Waals surface area contributed by atoms with E-state index in [2.05, 4.69) is 48.5 Å². The molecule has 1 aliphatic heterocycles. The van der Waals surface area contributed by atoms with Gasteiger partial charge in [-0.1, -0.05) is 18.2 Å². The topological polar surface area (TPSA) is 36.9 Å². The quantitative estimate of drug-likeness (QED) is 0.228. The SMILES string of the molecule is CCNC(=NCCSc1ccccc1)N(C)CC1CCOC1.I. The zero-order valence-electron chi connectivity index (χ0n) is 14.0. The van der Waals surface area contributed by atoms with Gasteiger partial charge in [0.2, 0.25) is 0 Å². The molecule has 1 saturated heterocycles. The molecule has 23 heavy (non-hydrogen) atoms. The van der Waals surface area contributed by atoms with Crippen molar-refractivity contribution in [2.75, 3.05) is 45.6 Å². The van der Waals surface area contributed by atoms with Crippen molar-refractivity contribution in [3.63, 3.8) is 0 Å². The average molecular weight is 449 g/mol. The van der Waals surface area contributed by atoms with Crippen LogP contribution in [0, 0.1) is 5.92 Å². The van der Waals surface area contributed by atoms with Crippen LogP contribution in [-0.4, -0.2) is 56.5 Å². The Bertz CT molecular complexity index is 452. The fourth-order valence-electron chi connectivity index (χ4n) is 2.50. The van der Waals surface area contributed by atoms with Crippen LogP contribution in [0.2, 0.25) is 0 Å². The lowest BCUT2D eigenvalue weighted by molar-refractivity contribution is 0.181.